The van der Waals surface area contributed by atoms with E-state index >= 15 is 0 Å². The van der Waals surface area contributed by atoms with Gasteiger partial charge in [-0.1, -0.05) is 0 Å². The number of hydrogen-bond donors (Lipinski definition) is 2. The summed E-state index contributed by atoms with van der Waals surface area (Å²) in [5.74, 6) is 0. The van der Waals surface area contributed by atoms with Gasteiger partial charge in [-0.2, -0.15) is 13.2 Å². The van der Waals surface area contributed by atoms with Gasteiger partial charge in [0.15, 0.2) is 0 Å². The first-order chi connectivity index (χ1) is 4.81. The fourth-order valence-corrected chi connectivity index (χ4v) is 0.744. The predicted molar refractivity (Wildman–Crippen MR) is 33.0 cm³/mol. The van der Waals surface area contributed by atoms with Gasteiger partial charge >= 0.3 is 6.18 Å². The highest BCUT2D eigenvalue weighted by molar-refractivity contribution is 4.64. The van der Waals surface area contributed by atoms with E-state index < -0.39 is 24.8 Å². The van der Waals surface area contributed by atoms with Crippen LogP contribution in [0.3, 0.4) is 0 Å². The fraction of sp³-hybridized carbons (Fsp3) is 1.00. The van der Waals surface area contributed by atoms with Crippen molar-refractivity contribution in [1.82, 2.24) is 0 Å². The van der Waals surface area contributed by atoms with Crippen molar-refractivity contribution in [3.63, 3.8) is 0 Å². The lowest BCUT2D eigenvalue weighted by atomic mass is 10.1. The van der Waals surface area contributed by atoms with E-state index in [1.807, 2.05) is 0 Å². The minimum absolute atomic E-state index is 0.237. The summed E-state index contributed by atoms with van der Waals surface area (Å²) in [6.07, 6.45) is -8.23. The van der Waals surface area contributed by atoms with Crippen LogP contribution in [-0.2, 0) is 0 Å². The van der Waals surface area contributed by atoms with Crippen molar-refractivity contribution in [2.24, 2.45) is 0 Å². The lowest BCUT2D eigenvalue weighted by Crippen LogP contribution is -2.22. The van der Waals surface area contributed by atoms with Crippen LogP contribution in [0, 0.1) is 0 Å². The van der Waals surface area contributed by atoms with Gasteiger partial charge in [0, 0.05) is 0 Å². The molecule has 2 N–H and O–H groups in total. The van der Waals surface area contributed by atoms with Gasteiger partial charge in [-0.05, 0) is 13.3 Å². The molecule has 0 saturated heterocycles. The molecular formula is C6H11F3O2. The highest BCUT2D eigenvalue weighted by atomic mass is 19.4. The Morgan fingerprint density at radius 1 is 1.27 bits per heavy atom. The number of aliphatic hydroxyl groups is 2. The third-order valence-electron chi connectivity index (χ3n) is 1.08. The molecule has 0 aliphatic rings. The molecule has 2 atom stereocenters. The third-order valence-corrected chi connectivity index (χ3v) is 1.08. The van der Waals surface area contributed by atoms with Crippen molar-refractivity contribution < 1.29 is 23.4 Å². The molecule has 0 spiro atoms. The van der Waals surface area contributed by atoms with Crippen molar-refractivity contribution in [2.45, 2.75) is 38.1 Å². The van der Waals surface area contributed by atoms with Crippen molar-refractivity contribution in [2.75, 3.05) is 0 Å². The third kappa shape index (κ3) is 7.61. The summed E-state index contributed by atoms with van der Waals surface area (Å²) in [5, 5.41) is 17.3. The van der Waals surface area contributed by atoms with Crippen LogP contribution in [0.4, 0.5) is 13.2 Å². The zero-order valence-corrected chi connectivity index (χ0v) is 6.10. The second-order valence-electron chi connectivity index (χ2n) is 2.56. The molecule has 0 radical (unpaired) electrons. The molecule has 0 aliphatic carbocycles. The van der Waals surface area contributed by atoms with Crippen LogP contribution in [0.25, 0.3) is 0 Å². The minimum atomic E-state index is -4.35. The van der Waals surface area contributed by atoms with Crippen LogP contribution in [0.5, 0.6) is 0 Å². The summed E-state index contributed by atoms with van der Waals surface area (Å²) < 4.78 is 34.5. The van der Waals surface area contributed by atoms with Crippen molar-refractivity contribution in [1.29, 1.82) is 0 Å². The SMILES string of the molecule is C[C@@H](O)C[C@@H](O)CC(F)(F)F. The van der Waals surface area contributed by atoms with E-state index in [9.17, 15) is 13.2 Å². The van der Waals surface area contributed by atoms with Crippen LogP contribution in [-0.4, -0.2) is 28.6 Å². The second-order valence-corrected chi connectivity index (χ2v) is 2.56. The number of rotatable bonds is 3. The fourth-order valence-electron chi connectivity index (χ4n) is 0.744. The van der Waals surface area contributed by atoms with Crippen LogP contribution >= 0.6 is 0 Å². The largest absolute Gasteiger partial charge is 0.393 e. The average molecular weight is 172 g/mol. The van der Waals surface area contributed by atoms with E-state index in [2.05, 4.69) is 0 Å². The summed E-state index contributed by atoms with van der Waals surface area (Å²) >= 11 is 0. The molecule has 0 aromatic carbocycles. The Labute approximate surface area is 62.6 Å². The highest BCUT2D eigenvalue weighted by Gasteiger charge is 2.31. The Morgan fingerprint density at radius 2 is 1.73 bits per heavy atom. The monoisotopic (exact) mass is 172 g/mol. The Bertz CT molecular complexity index is 111. The minimum Gasteiger partial charge on any atom is -0.393 e. The smallest absolute Gasteiger partial charge is 0.391 e. The van der Waals surface area contributed by atoms with E-state index in [0.29, 0.717) is 0 Å². The van der Waals surface area contributed by atoms with E-state index in [-0.39, 0.29) is 6.42 Å². The Kier molecular flexibility index (Phi) is 3.82. The number of alkyl halides is 3. The molecule has 0 bridgehead atoms. The van der Waals surface area contributed by atoms with Gasteiger partial charge < -0.3 is 10.2 Å². The quantitative estimate of drug-likeness (QED) is 0.668. The molecule has 2 nitrogen and oxygen atoms in total. The molecule has 0 amide bonds. The number of hydrogen-bond acceptors (Lipinski definition) is 2. The molecule has 11 heavy (non-hydrogen) atoms. The summed E-state index contributed by atoms with van der Waals surface area (Å²) in [5.41, 5.74) is 0. The number of aliphatic hydroxyl groups excluding tert-OH is 2. The van der Waals surface area contributed by atoms with Gasteiger partial charge in [0.25, 0.3) is 0 Å². The summed E-state index contributed by atoms with van der Waals surface area (Å²) in [4.78, 5) is 0. The number of halogens is 3. The first-order valence-corrected chi connectivity index (χ1v) is 3.24. The van der Waals surface area contributed by atoms with Crippen LogP contribution in [0.15, 0.2) is 0 Å². The first kappa shape index (κ1) is 10.7. The normalized spacial score (nSPS) is 18.0. The van der Waals surface area contributed by atoms with Crippen LogP contribution in [0.1, 0.15) is 19.8 Å². The summed E-state index contributed by atoms with van der Waals surface area (Å²) in [7, 11) is 0. The maximum atomic E-state index is 11.5. The first-order valence-electron chi connectivity index (χ1n) is 3.24. The molecule has 0 saturated carbocycles. The molecule has 0 fully saturated rings. The molecule has 68 valence electrons. The molecular weight excluding hydrogens is 161 g/mol. The van der Waals surface area contributed by atoms with E-state index in [1.165, 1.54) is 6.92 Å². The van der Waals surface area contributed by atoms with Gasteiger partial charge in [0.2, 0.25) is 0 Å². The average Bonchev–Trinajstić information content (AvgIpc) is 1.53. The lowest BCUT2D eigenvalue weighted by molar-refractivity contribution is -0.155. The second kappa shape index (κ2) is 3.92. The van der Waals surface area contributed by atoms with Gasteiger partial charge in [-0.25, -0.2) is 0 Å². The van der Waals surface area contributed by atoms with Gasteiger partial charge in [-0.15, -0.1) is 0 Å². The zero-order valence-electron chi connectivity index (χ0n) is 6.10. The topological polar surface area (TPSA) is 40.5 Å². The van der Waals surface area contributed by atoms with Crippen molar-refractivity contribution in [3.05, 3.63) is 0 Å². The maximum absolute atomic E-state index is 11.5. The standard InChI is InChI=1S/C6H11F3O2/c1-4(10)2-5(11)3-6(7,8)9/h4-5,10-11H,2-3H2,1H3/t4-,5-/m1/s1. The predicted octanol–water partition coefficient (Wildman–Crippen LogP) is 1.07. The van der Waals surface area contributed by atoms with Gasteiger partial charge in [0.1, 0.15) is 0 Å². The van der Waals surface area contributed by atoms with Crippen LogP contribution < -0.4 is 0 Å². The Hall–Kier alpha value is -0.290. The molecule has 0 aromatic rings. The molecule has 0 heterocycles. The highest BCUT2D eigenvalue weighted by Crippen LogP contribution is 2.22. The summed E-state index contributed by atoms with van der Waals surface area (Å²) in [6.45, 7) is 1.33. The van der Waals surface area contributed by atoms with Gasteiger partial charge in [-0.3, -0.25) is 0 Å². The lowest BCUT2D eigenvalue weighted by Gasteiger charge is -2.13. The van der Waals surface area contributed by atoms with Gasteiger partial charge in [0.05, 0.1) is 18.6 Å². The van der Waals surface area contributed by atoms with E-state index in [4.69, 9.17) is 10.2 Å². The maximum Gasteiger partial charge on any atom is 0.391 e. The zero-order chi connectivity index (χ0) is 9.07. The molecule has 0 unspecified atom stereocenters. The van der Waals surface area contributed by atoms with Crippen LogP contribution in [0.2, 0.25) is 0 Å². The van der Waals surface area contributed by atoms with Crippen molar-refractivity contribution >= 4 is 0 Å². The van der Waals surface area contributed by atoms with E-state index in [0.717, 1.165) is 0 Å². The molecule has 5 heteroatoms. The molecule has 0 aromatic heterocycles. The Morgan fingerprint density at radius 3 is 2.00 bits per heavy atom. The molecule has 0 rings (SSSR count). The molecule has 0 aliphatic heterocycles. The van der Waals surface area contributed by atoms with E-state index in [1.54, 1.807) is 0 Å². The summed E-state index contributed by atoms with van der Waals surface area (Å²) in [6, 6.07) is 0. The Balaban J connectivity index is 3.61. The van der Waals surface area contributed by atoms with Crippen molar-refractivity contribution in [3.8, 4) is 0 Å².